The summed E-state index contributed by atoms with van der Waals surface area (Å²) in [5, 5.41) is 12.9. The zero-order valence-electron chi connectivity index (χ0n) is 10.9. The summed E-state index contributed by atoms with van der Waals surface area (Å²) >= 11 is 3.06. The van der Waals surface area contributed by atoms with Crippen LogP contribution in [0.25, 0.3) is 0 Å². The number of halogens is 6. The highest BCUT2D eigenvalue weighted by atomic mass is 79.9. The van der Waals surface area contributed by atoms with Crippen molar-refractivity contribution in [1.29, 1.82) is 0 Å². The summed E-state index contributed by atoms with van der Waals surface area (Å²) in [6.07, 6.45) is -4.42. The number of hydrogen-bond acceptors (Lipinski definition) is 3. The van der Waals surface area contributed by atoms with Gasteiger partial charge in [0.05, 0.1) is 4.47 Å². The molecule has 0 aliphatic carbocycles. The molecule has 2 rings (SSSR count). The first kappa shape index (κ1) is 20.8. The molecule has 1 aromatic carbocycles. The fourth-order valence-electron chi connectivity index (χ4n) is 2.27. The minimum atomic E-state index is -4.42. The lowest BCUT2D eigenvalue weighted by atomic mass is 10.0. The molecule has 1 fully saturated rings. The van der Waals surface area contributed by atoms with Crippen LogP contribution < -0.4 is 5.32 Å². The first-order chi connectivity index (χ1) is 8.91. The van der Waals surface area contributed by atoms with Gasteiger partial charge in [-0.25, -0.2) is 0 Å². The molecule has 0 radical (unpaired) electrons. The maximum Gasteiger partial charge on any atom is 0.408 e. The number of nitrogens with zero attached hydrogens (tertiary/aromatic N) is 1. The van der Waals surface area contributed by atoms with Crippen LogP contribution >= 0.6 is 40.7 Å². The number of phenolic OH excluding ortho intramolecular Hbond substituents is 1. The fourth-order valence-corrected chi connectivity index (χ4v) is 2.65. The van der Waals surface area contributed by atoms with Crippen LogP contribution in [0, 0.1) is 0 Å². The van der Waals surface area contributed by atoms with E-state index in [-0.39, 0.29) is 40.6 Å². The first-order valence-corrected chi connectivity index (χ1v) is 6.69. The van der Waals surface area contributed by atoms with Crippen LogP contribution in [0.15, 0.2) is 22.7 Å². The molecule has 9 heteroatoms. The van der Waals surface area contributed by atoms with Gasteiger partial charge in [0.15, 0.2) is 0 Å². The Morgan fingerprint density at radius 2 is 1.76 bits per heavy atom. The number of benzene rings is 1. The number of phenols is 1. The third-order valence-electron chi connectivity index (χ3n) is 3.14. The molecule has 1 aromatic rings. The van der Waals surface area contributed by atoms with Crippen LogP contribution in [-0.2, 0) is 0 Å². The number of alkyl halides is 3. The average molecular weight is 412 g/mol. The van der Waals surface area contributed by atoms with E-state index in [2.05, 4.69) is 21.2 Å². The fraction of sp³-hybridized carbons (Fsp3) is 0.500. The third-order valence-corrected chi connectivity index (χ3v) is 3.78. The van der Waals surface area contributed by atoms with Crippen molar-refractivity contribution in [1.82, 2.24) is 10.2 Å². The van der Waals surface area contributed by atoms with Crippen molar-refractivity contribution < 1.29 is 18.3 Å². The third kappa shape index (κ3) is 4.89. The molecule has 0 unspecified atom stereocenters. The maximum atomic E-state index is 13.3. The van der Waals surface area contributed by atoms with E-state index >= 15 is 0 Å². The lowest BCUT2D eigenvalue weighted by molar-refractivity contribution is -0.188. The normalized spacial score (nSPS) is 17.5. The minimum Gasteiger partial charge on any atom is -0.506 e. The number of nitrogens with one attached hydrogen (secondary N) is 1. The molecule has 1 aliphatic rings. The lowest BCUT2D eigenvalue weighted by Gasteiger charge is -2.36. The van der Waals surface area contributed by atoms with E-state index < -0.39 is 12.2 Å². The second kappa shape index (κ2) is 8.43. The summed E-state index contributed by atoms with van der Waals surface area (Å²) in [5.74, 6) is -0.344. The Hall–Kier alpha value is -0.210. The van der Waals surface area contributed by atoms with E-state index in [0.29, 0.717) is 26.2 Å². The van der Waals surface area contributed by atoms with Gasteiger partial charge in [0.2, 0.25) is 0 Å². The molecule has 1 aliphatic heterocycles. The number of aromatic hydroxyl groups is 1. The highest BCUT2D eigenvalue weighted by Gasteiger charge is 2.46. The zero-order valence-corrected chi connectivity index (χ0v) is 14.1. The Bertz CT molecular complexity index is 457. The Labute approximate surface area is 141 Å². The summed E-state index contributed by atoms with van der Waals surface area (Å²) in [5.41, 5.74) is -0.108. The second-order valence-corrected chi connectivity index (χ2v) is 5.26. The highest BCUT2D eigenvalue weighted by Crippen LogP contribution is 2.43. The summed E-state index contributed by atoms with van der Waals surface area (Å²) in [7, 11) is 0. The molecule has 122 valence electrons. The topological polar surface area (TPSA) is 35.5 Å². The smallest absolute Gasteiger partial charge is 0.408 e. The molecule has 1 heterocycles. The van der Waals surface area contributed by atoms with Gasteiger partial charge in [-0.1, -0.05) is 12.1 Å². The lowest BCUT2D eigenvalue weighted by Crippen LogP contribution is -2.49. The van der Waals surface area contributed by atoms with Crippen molar-refractivity contribution in [3.63, 3.8) is 0 Å². The van der Waals surface area contributed by atoms with Gasteiger partial charge in [0, 0.05) is 31.7 Å². The molecule has 3 nitrogen and oxygen atoms in total. The molecule has 0 aromatic heterocycles. The van der Waals surface area contributed by atoms with Gasteiger partial charge in [0.1, 0.15) is 11.8 Å². The molecule has 21 heavy (non-hydrogen) atoms. The zero-order chi connectivity index (χ0) is 14.0. The van der Waals surface area contributed by atoms with Gasteiger partial charge in [-0.2, -0.15) is 13.2 Å². The Kier molecular flexibility index (Phi) is 8.35. The van der Waals surface area contributed by atoms with Crippen molar-refractivity contribution in [3.8, 4) is 5.75 Å². The number of piperazine rings is 1. The van der Waals surface area contributed by atoms with E-state index in [1.807, 2.05) is 0 Å². The van der Waals surface area contributed by atoms with E-state index in [4.69, 9.17) is 0 Å². The summed E-state index contributed by atoms with van der Waals surface area (Å²) in [4.78, 5) is 1.35. The molecule has 1 atom stereocenters. The number of para-hydroxylation sites is 1. The highest BCUT2D eigenvalue weighted by molar-refractivity contribution is 9.10. The van der Waals surface area contributed by atoms with Crippen LogP contribution in [0.1, 0.15) is 11.6 Å². The monoisotopic (exact) mass is 410 g/mol. The van der Waals surface area contributed by atoms with Crippen molar-refractivity contribution in [2.45, 2.75) is 12.2 Å². The summed E-state index contributed by atoms with van der Waals surface area (Å²) in [6, 6.07) is 2.57. The van der Waals surface area contributed by atoms with Crippen LogP contribution in [-0.4, -0.2) is 42.4 Å². The Morgan fingerprint density at radius 1 is 1.19 bits per heavy atom. The van der Waals surface area contributed by atoms with Crippen LogP contribution in [0.5, 0.6) is 5.75 Å². The number of hydrogen-bond donors (Lipinski definition) is 2. The van der Waals surface area contributed by atoms with Gasteiger partial charge >= 0.3 is 6.18 Å². The Morgan fingerprint density at radius 3 is 2.29 bits per heavy atom. The van der Waals surface area contributed by atoms with Gasteiger partial charge in [0.25, 0.3) is 0 Å². The molecular formula is C12H16BrCl2F3N2O. The Balaban J connectivity index is 0.00000200. The second-order valence-electron chi connectivity index (χ2n) is 4.41. The van der Waals surface area contributed by atoms with E-state index in [9.17, 15) is 18.3 Å². The molecule has 2 N–H and O–H groups in total. The number of rotatable bonds is 2. The standard InChI is InChI=1S/C12H14BrF3N2O.2ClH/c13-9-3-1-2-8(10(9)19)11(12(14,15)16)18-6-4-17-5-7-18;;/h1-3,11,17,19H,4-7H2;2*1H/t11-;;/m1../s1. The maximum absolute atomic E-state index is 13.3. The molecule has 1 saturated heterocycles. The average Bonchev–Trinajstić information content (AvgIpc) is 2.35. The molecule has 0 bridgehead atoms. The van der Waals surface area contributed by atoms with Crippen molar-refractivity contribution in [2.75, 3.05) is 26.2 Å². The van der Waals surface area contributed by atoms with Crippen molar-refractivity contribution in [2.24, 2.45) is 0 Å². The minimum absolute atomic E-state index is 0. The first-order valence-electron chi connectivity index (χ1n) is 5.90. The predicted molar refractivity (Wildman–Crippen MR) is 83.5 cm³/mol. The quantitative estimate of drug-likeness (QED) is 0.781. The summed E-state index contributed by atoms with van der Waals surface area (Å²) < 4.78 is 40.2. The van der Waals surface area contributed by atoms with Gasteiger partial charge < -0.3 is 10.4 Å². The van der Waals surface area contributed by atoms with Crippen molar-refractivity contribution >= 4 is 40.7 Å². The van der Waals surface area contributed by atoms with E-state index in [1.54, 1.807) is 0 Å². The molecule has 0 amide bonds. The molecular weight excluding hydrogens is 396 g/mol. The van der Waals surface area contributed by atoms with Crippen molar-refractivity contribution in [3.05, 3.63) is 28.2 Å². The molecule has 0 saturated carbocycles. The predicted octanol–water partition coefficient (Wildman–Crippen LogP) is 3.51. The SMILES string of the molecule is Cl.Cl.Oc1c(Br)cccc1[C@@H](N1CCNCC1)C(F)(F)F. The van der Waals surface area contributed by atoms with Crippen LogP contribution in [0.2, 0.25) is 0 Å². The van der Waals surface area contributed by atoms with E-state index in [0.717, 1.165) is 0 Å². The van der Waals surface area contributed by atoms with Gasteiger partial charge in [-0.15, -0.1) is 24.8 Å². The van der Waals surface area contributed by atoms with Gasteiger partial charge in [-0.05, 0) is 22.0 Å². The summed E-state index contributed by atoms with van der Waals surface area (Å²) in [6.45, 7) is 1.63. The van der Waals surface area contributed by atoms with Crippen LogP contribution in [0.3, 0.4) is 0 Å². The molecule has 0 spiro atoms. The van der Waals surface area contributed by atoms with Gasteiger partial charge in [-0.3, -0.25) is 4.90 Å². The largest absolute Gasteiger partial charge is 0.506 e. The van der Waals surface area contributed by atoms with Crippen LogP contribution in [0.4, 0.5) is 13.2 Å². The van der Waals surface area contributed by atoms with E-state index in [1.165, 1.54) is 23.1 Å².